The van der Waals surface area contributed by atoms with Gasteiger partial charge in [-0.15, -0.1) is 0 Å². The predicted octanol–water partition coefficient (Wildman–Crippen LogP) is 3.21. The third-order valence-corrected chi connectivity index (χ3v) is 4.89. The van der Waals surface area contributed by atoms with Crippen molar-refractivity contribution in [2.75, 3.05) is 19.6 Å². The number of benzene rings is 1. The summed E-state index contributed by atoms with van der Waals surface area (Å²) in [6, 6.07) is 12.3. The number of rotatable bonds is 4. The summed E-state index contributed by atoms with van der Waals surface area (Å²) < 4.78 is 0. The van der Waals surface area contributed by atoms with E-state index in [4.69, 9.17) is 0 Å². The smallest absolute Gasteiger partial charge is 0.0473 e. The number of nitrogens with zero attached hydrogens (tertiary/aromatic N) is 1. The largest absolute Gasteiger partial charge is 0.311 e. The Morgan fingerprint density at radius 2 is 2.00 bits per heavy atom. The van der Waals surface area contributed by atoms with Crippen molar-refractivity contribution in [2.24, 2.45) is 5.92 Å². The molecule has 0 radical (unpaired) electrons. The lowest BCUT2D eigenvalue weighted by Crippen LogP contribution is -2.53. The van der Waals surface area contributed by atoms with E-state index in [9.17, 15) is 0 Å². The van der Waals surface area contributed by atoms with Crippen molar-refractivity contribution in [3.05, 3.63) is 35.9 Å². The molecule has 2 fully saturated rings. The van der Waals surface area contributed by atoms with Gasteiger partial charge >= 0.3 is 0 Å². The molecule has 1 saturated carbocycles. The lowest BCUT2D eigenvalue weighted by Gasteiger charge is -2.43. The summed E-state index contributed by atoms with van der Waals surface area (Å²) in [5.74, 6) is 0.960. The Hall–Kier alpha value is -0.860. The Morgan fingerprint density at radius 3 is 2.63 bits per heavy atom. The molecule has 1 saturated heterocycles. The van der Waals surface area contributed by atoms with E-state index in [0.29, 0.717) is 12.1 Å². The minimum atomic E-state index is 0.574. The SMILES string of the molecule is CCC1CN(CC2CCC2)C(c2ccccc2)CN1. The second-order valence-electron chi connectivity index (χ2n) is 6.19. The van der Waals surface area contributed by atoms with Crippen molar-refractivity contribution >= 4 is 0 Å². The average molecular weight is 258 g/mol. The fourth-order valence-electron chi connectivity index (χ4n) is 3.37. The highest BCUT2D eigenvalue weighted by Gasteiger charge is 2.31. The van der Waals surface area contributed by atoms with Crippen molar-refractivity contribution in [3.63, 3.8) is 0 Å². The van der Waals surface area contributed by atoms with Gasteiger partial charge in [0.1, 0.15) is 0 Å². The van der Waals surface area contributed by atoms with Crippen molar-refractivity contribution in [1.82, 2.24) is 10.2 Å². The van der Waals surface area contributed by atoms with Crippen LogP contribution in [0, 0.1) is 5.92 Å². The van der Waals surface area contributed by atoms with Crippen LogP contribution in [0.4, 0.5) is 0 Å². The van der Waals surface area contributed by atoms with Crippen LogP contribution < -0.4 is 5.32 Å². The summed E-state index contributed by atoms with van der Waals surface area (Å²) in [7, 11) is 0. The van der Waals surface area contributed by atoms with Gasteiger partial charge < -0.3 is 5.32 Å². The first-order chi connectivity index (χ1) is 9.36. The van der Waals surface area contributed by atoms with Crippen LogP contribution in [-0.4, -0.2) is 30.6 Å². The zero-order valence-corrected chi connectivity index (χ0v) is 12.0. The Bertz CT molecular complexity index is 384. The Morgan fingerprint density at radius 1 is 1.21 bits per heavy atom. The summed E-state index contributed by atoms with van der Waals surface area (Å²) in [5.41, 5.74) is 1.48. The molecule has 2 aliphatic rings. The molecule has 2 nitrogen and oxygen atoms in total. The molecule has 1 aromatic rings. The zero-order chi connectivity index (χ0) is 13.1. The van der Waals surface area contributed by atoms with Crippen LogP contribution in [0.3, 0.4) is 0 Å². The molecular formula is C17H26N2. The Balaban J connectivity index is 1.72. The molecule has 0 spiro atoms. The second-order valence-corrected chi connectivity index (χ2v) is 6.19. The minimum absolute atomic E-state index is 0.574. The number of hydrogen-bond acceptors (Lipinski definition) is 2. The van der Waals surface area contributed by atoms with Crippen LogP contribution in [0.5, 0.6) is 0 Å². The van der Waals surface area contributed by atoms with Crippen LogP contribution in [0.15, 0.2) is 30.3 Å². The van der Waals surface area contributed by atoms with Crippen LogP contribution in [0.2, 0.25) is 0 Å². The Kier molecular flexibility index (Phi) is 4.19. The monoisotopic (exact) mass is 258 g/mol. The average Bonchev–Trinajstić information content (AvgIpc) is 2.43. The topological polar surface area (TPSA) is 15.3 Å². The maximum atomic E-state index is 3.71. The van der Waals surface area contributed by atoms with Crippen LogP contribution in [0.1, 0.15) is 44.2 Å². The predicted molar refractivity (Wildman–Crippen MR) is 80.2 cm³/mol. The molecule has 2 heteroatoms. The zero-order valence-electron chi connectivity index (χ0n) is 12.0. The summed E-state index contributed by atoms with van der Waals surface area (Å²) in [4.78, 5) is 2.74. The molecule has 1 N–H and O–H groups in total. The molecule has 2 unspecified atom stereocenters. The summed E-state index contributed by atoms with van der Waals surface area (Å²) in [6.45, 7) is 5.92. The lowest BCUT2D eigenvalue weighted by molar-refractivity contribution is 0.0874. The first-order valence-corrected chi connectivity index (χ1v) is 7.89. The molecule has 0 bridgehead atoms. The summed E-state index contributed by atoms with van der Waals surface area (Å²) in [6.07, 6.45) is 5.58. The van der Waals surface area contributed by atoms with Gasteiger partial charge in [0.15, 0.2) is 0 Å². The second kappa shape index (κ2) is 6.06. The van der Waals surface area contributed by atoms with Gasteiger partial charge in [-0.2, -0.15) is 0 Å². The third kappa shape index (κ3) is 3.01. The number of nitrogens with one attached hydrogen (secondary N) is 1. The van der Waals surface area contributed by atoms with Gasteiger partial charge in [-0.05, 0) is 30.7 Å². The van der Waals surface area contributed by atoms with Gasteiger partial charge in [-0.1, -0.05) is 43.7 Å². The van der Waals surface area contributed by atoms with Gasteiger partial charge in [0.05, 0.1) is 0 Å². The summed E-state index contributed by atoms with van der Waals surface area (Å²) in [5, 5.41) is 3.71. The first kappa shape index (κ1) is 13.1. The van der Waals surface area contributed by atoms with E-state index < -0.39 is 0 Å². The molecular weight excluding hydrogens is 232 g/mol. The van der Waals surface area contributed by atoms with E-state index in [1.54, 1.807) is 0 Å². The maximum Gasteiger partial charge on any atom is 0.0473 e. The van der Waals surface area contributed by atoms with Gasteiger partial charge in [-0.25, -0.2) is 0 Å². The molecule has 19 heavy (non-hydrogen) atoms. The van der Waals surface area contributed by atoms with Crippen molar-refractivity contribution in [1.29, 1.82) is 0 Å². The van der Waals surface area contributed by atoms with E-state index in [1.807, 2.05) is 0 Å². The van der Waals surface area contributed by atoms with Gasteiger partial charge in [-0.3, -0.25) is 4.90 Å². The highest BCUT2D eigenvalue weighted by atomic mass is 15.2. The minimum Gasteiger partial charge on any atom is -0.311 e. The lowest BCUT2D eigenvalue weighted by atomic mass is 9.84. The van der Waals surface area contributed by atoms with Crippen LogP contribution in [0.25, 0.3) is 0 Å². The summed E-state index contributed by atoms with van der Waals surface area (Å²) >= 11 is 0. The van der Waals surface area contributed by atoms with Crippen molar-refractivity contribution in [2.45, 2.75) is 44.7 Å². The molecule has 2 atom stereocenters. The fraction of sp³-hybridized carbons (Fsp3) is 0.647. The molecule has 1 aliphatic carbocycles. The van der Waals surface area contributed by atoms with E-state index in [2.05, 4.69) is 47.5 Å². The maximum absolute atomic E-state index is 3.71. The normalized spacial score (nSPS) is 29.1. The molecule has 1 aromatic carbocycles. The number of piperazine rings is 1. The molecule has 3 rings (SSSR count). The fourth-order valence-corrected chi connectivity index (χ4v) is 3.37. The van der Waals surface area contributed by atoms with Crippen molar-refractivity contribution in [3.8, 4) is 0 Å². The van der Waals surface area contributed by atoms with E-state index in [-0.39, 0.29) is 0 Å². The van der Waals surface area contributed by atoms with Gasteiger partial charge in [0.25, 0.3) is 0 Å². The van der Waals surface area contributed by atoms with E-state index >= 15 is 0 Å². The first-order valence-electron chi connectivity index (χ1n) is 7.89. The van der Waals surface area contributed by atoms with Crippen molar-refractivity contribution < 1.29 is 0 Å². The van der Waals surface area contributed by atoms with E-state index in [0.717, 1.165) is 12.5 Å². The standard InChI is InChI=1S/C17H26N2/c1-2-16-13-19(12-14-7-6-8-14)17(11-18-16)15-9-4-3-5-10-15/h3-5,9-10,14,16-18H,2,6-8,11-13H2,1H3. The van der Waals surface area contributed by atoms with Crippen LogP contribution >= 0.6 is 0 Å². The number of hydrogen-bond donors (Lipinski definition) is 1. The van der Waals surface area contributed by atoms with Gasteiger partial charge in [0, 0.05) is 31.7 Å². The van der Waals surface area contributed by atoms with Gasteiger partial charge in [0.2, 0.25) is 0 Å². The quantitative estimate of drug-likeness (QED) is 0.892. The molecule has 0 amide bonds. The molecule has 1 aliphatic heterocycles. The van der Waals surface area contributed by atoms with E-state index in [1.165, 1.54) is 44.3 Å². The highest BCUT2D eigenvalue weighted by molar-refractivity contribution is 5.20. The molecule has 0 aromatic heterocycles. The molecule has 1 heterocycles. The highest BCUT2D eigenvalue weighted by Crippen LogP contribution is 2.31. The third-order valence-electron chi connectivity index (χ3n) is 4.89. The Labute approximate surface area is 117 Å². The van der Waals surface area contributed by atoms with Crippen LogP contribution in [-0.2, 0) is 0 Å². The molecule has 104 valence electrons.